The van der Waals surface area contributed by atoms with Gasteiger partial charge in [0.25, 0.3) is 0 Å². The molecule has 1 aromatic heterocycles. The maximum atomic E-state index is 14.0. The first-order chi connectivity index (χ1) is 18.0. The second-order valence-electron chi connectivity index (χ2n) is 10.7. The summed E-state index contributed by atoms with van der Waals surface area (Å²) in [5.74, 6) is -0.212. The predicted molar refractivity (Wildman–Crippen MR) is 142 cm³/mol. The zero-order valence-electron chi connectivity index (χ0n) is 21.9. The van der Waals surface area contributed by atoms with E-state index in [0.717, 1.165) is 74.1 Å². The molecule has 0 bridgehead atoms. The van der Waals surface area contributed by atoms with Gasteiger partial charge >= 0.3 is 0 Å². The van der Waals surface area contributed by atoms with Gasteiger partial charge in [0, 0.05) is 30.7 Å². The van der Waals surface area contributed by atoms with E-state index in [9.17, 15) is 14.0 Å². The summed E-state index contributed by atoms with van der Waals surface area (Å²) in [7, 11) is 1.75. The Bertz CT molecular complexity index is 1140. The van der Waals surface area contributed by atoms with Gasteiger partial charge in [0.1, 0.15) is 11.9 Å². The van der Waals surface area contributed by atoms with Gasteiger partial charge in [-0.15, -0.1) is 0 Å². The number of nitrogens with one attached hydrogen (secondary N) is 2. The number of likely N-dealkylation sites (tertiary alicyclic amines) is 1. The third-order valence-electron chi connectivity index (χ3n) is 8.41. The summed E-state index contributed by atoms with van der Waals surface area (Å²) in [5, 5.41) is 6.09. The highest BCUT2D eigenvalue weighted by molar-refractivity contribution is 5.90. The largest absolute Gasteiger partial charge is 0.343 e. The lowest BCUT2D eigenvalue weighted by molar-refractivity contribution is -0.139. The van der Waals surface area contributed by atoms with Crippen molar-refractivity contribution < 1.29 is 14.0 Å². The lowest BCUT2D eigenvalue weighted by Crippen LogP contribution is -2.55. The Morgan fingerprint density at radius 1 is 1.05 bits per heavy atom. The van der Waals surface area contributed by atoms with Crippen molar-refractivity contribution in [3.63, 3.8) is 0 Å². The van der Waals surface area contributed by atoms with E-state index in [1.54, 1.807) is 19.3 Å². The maximum absolute atomic E-state index is 14.0. The quantitative estimate of drug-likeness (QED) is 0.586. The van der Waals surface area contributed by atoms with Crippen LogP contribution in [0.4, 0.5) is 15.8 Å². The van der Waals surface area contributed by atoms with E-state index in [-0.39, 0.29) is 35.6 Å². The number of likely N-dealkylation sites (N-methyl/N-ethyl adjacent to an activating group) is 1. The Balaban J connectivity index is 1.39. The Labute approximate surface area is 218 Å². The van der Waals surface area contributed by atoms with E-state index in [1.165, 1.54) is 12.5 Å². The number of hydrogen-bond donors (Lipinski definition) is 2. The second kappa shape index (κ2) is 11.2. The van der Waals surface area contributed by atoms with Crippen LogP contribution >= 0.6 is 0 Å². The van der Waals surface area contributed by atoms with Gasteiger partial charge in [0.15, 0.2) is 0 Å². The fraction of sp³-hybridized carbons (Fsp3) is 0.552. The third-order valence-corrected chi connectivity index (χ3v) is 8.41. The number of hydrogen-bond acceptors (Lipinski definition) is 5. The molecular formula is C29H38FN5O2. The SMILES string of the molecule is CNC(C)C(=O)NC(C(=O)N1CCCC1c1cc(N2CCc3ccc(F)cc32)ccn1)C1CCCCC1. The summed E-state index contributed by atoms with van der Waals surface area (Å²) in [4.78, 5) is 35.6. The van der Waals surface area contributed by atoms with E-state index in [2.05, 4.69) is 20.5 Å². The van der Waals surface area contributed by atoms with Gasteiger partial charge in [-0.25, -0.2) is 4.39 Å². The molecule has 3 aliphatic rings. The van der Waals surface area contributed by atoms with Crippen molar-refractivity contribution in [2.75, 3.05) is 25.0 Å². The lowest BCUT2D eigenvalue weighted by Gasteiger charge is -2.35. The third kappa shape index (κ3) is 5.35. The van der Waals surface area contributed by atoms with Crippen molar-refractivity contribution in [2.45, 2.75) is 76.4 Å². The molecule has 3 heterocycles. The maximum Gasteiger partial charge on any atom is 0.246 e. The number of pyridine rings is 1. The smallest absolute Gasteiger partial charge is 0.246 e. The van der Waals surface area contributed by atoms with E-state index in [0.29, 0.717) is 6.54 Å². The van der Waals surface area contributed by atoms with Crippen LogP contribution in [0.3, 0.4) is 0 Å². The van der Waals surface area contributed by atoms with Crippen LogP contribution in [0.2, 0.25) is 0 Å². The number of anilines is 2. The fourth-order valence-electron chi connectivity index (χ4n) is 6.18. The summed E-state index contributed by atoms with van der Waals surface area (Å²) in [6.45, 7) is 3.26. The zero-order valence-corrected chi connectivity index (χ0v) is 21.9. The number of benzene rings is 1. The van der Waals surface area contributed by atoms with E-state index >= 15 is 0 Å². The van der Waals surface area contributed by atoms with Gasteiger partial charge in [-0.05, 0) is 81.8 Å². The van der Waals surface area contributed by atoms with Gasteiger partial charge in [0.05, 0.1) is 17.8 Å². The van der Waals surface area contributed by atoms with Crippen molar-refractivity contribution in [1.82, 2.24) is 20.5 Å². The molecule has 7 nitrogen and oxygen atoms in total. The fourth-order valence-corrected chi connectivity index (χ4v) is 6.18. The molecule has 2 amide bonds. The molecule has 0 radical (unpaired) electrons. The van der Waals surface area contributed by atoms with Crippen molar-refractivity contribution >= 4 is 23.2 Å². The minimum atomic E-state index is -0.513. The molecule has 2 fully saturated rings. The standard InChI is InChI=1S/C29H38FN5O2/c1-19(31-2)28(36)33-27(21-7-4-3-5-8-21)29(37)35-15-6-9-25(35)24-18-23(12-14-32-24)34-16-13-20-10-11-22(30)17-26(20)34/h10-12,14,17-19,21,25,27,31H,3-9,13,15-16H2,1-2H3,(H,33,36). The van der Waals surface area contributed by atoms with Crippen molar-refractivity contribution in [3.8, 4) is 0 Å². The number of nitrogens with zero attached hydrogens (tertiary/aromatic N) is 3. The minimum Gasteiger partial charge on any atom is -0.343 e. The summed E-state index contributed by atoms with van der Waals surface area (Å²) in [6, 6.07) is 7.96. The molecule has 2 N–H and O–H groups in total. The van der Waals surface area contributed by atoms with Crippen LogP contribution in [0.15, 0.2) is 36.5 Å². The monoisotopic (exact) mass is 507 g/mol. The molecule has 5 rings (SSSR count). The number of amides is 2. The first-order valence-electron chi connectivity index (χ1n) is 13.8. The molecule has 198 valence electrons. The molecule has 8 heteroatoms. The van der Waals surface area contributed by atoms with Gasteiger partial charge < -0.3 is 20.4 Å². The summed E-state index contributed by atoms with van der Waals surface area (Å²) in [6.07, 6.45) is 9.69. The number of aromatic nitrogens is 1. The van der Waals surface area contributed by atoms with Crippen LogP contribution in [0, 0.1) is 11.7 Å². The lowest BCUT2D eigenvalue weighted by atomic mass is 9.83. The number of halogens is 1. The van der Waals surface area contributed by atoms with E-state index < -0.39 is 6.04 Å². The Hall–Kier alpha value is -3.00. The average molecular weight is 508 g/mol. The number of fused-ring (bicyclic) bond motifs is 1. The predicted octanol–water partition coefficient (Wildman–Crippen LogP) is 4.25. The zero-order chi connectivity index (χ0) is 25.9. The number of carbonyl (C=O) groups excluding carboxylic acids is 2. The summed E-state index contributed by atoms with van der Waals surface area (Å²) >= 11 is 0. The molecule has 3 atom stereocenters. The average Bonchev–Trinajstić information content (AvgIpc) is 3.59. The molecule has 2 aliphatic heterocycles. The van der Waals surface area contributed by atoms with E-state index in [4.69, 9.17) is 0 Å². The highest BCUT2D eigenvalue weighted by Gasteiger charge is 2.39. The molecular weight excluding hydrogens is 469 g/mol. The molecule has 1 aromatic carbocycles. The normalized spacial score (nSPS) is 21.5. The highest BCUT2D eigenvalue weighted by atomic mass is 19.1. The molecule has 3 unspecified atom stereocenters. The van der Waals surface area contributed by atoms with Gasteiger partial charge in [-0.2, -0.15) is 0 Å². The number of rotatable bonds is 7. The van der Waals surface area contributed by atoms with Crippen molar-refractivity contribution in [2.24, 2.45) is 5.92 Å². The molecule has 1 saturated heterocycles. The van der Waals surface area contributed by atoms with Gasteiger partial charge in [-0.3, -0.25) is 14.6 Å². The van der Waals surface area contributed by atoms with Crippen molar-refractivity contribution in [3.05, 3.63) is 53.6 Å². The molecule has 1 aliphatic carbocycles. The Morgan fingerprint density at radius 3 is 2.65 bits per heavy atom. The molecule has 37 heavy (non-hydrogen) atoms. The van der Waals surface area contributed by atoms with Crippen LogP contribution in [0.25, 0.3) is 0 Å². The Kier molecular flexibility index (Phi) is 7.74. The molecule has 2 aromatic rings. The molecule has 0 spiro atoms. The first-order valence-corrected chi connectivity index (χ1v) is 13.8. The highest BCUT2D eigenvalue weighted by Crippen LogP contribution is 2.38. The Morgan fingerprint density at radius 2 is 1.86 bits per heavy atom. The first kappa shape index (κ1) is 25.6. The molecule has 1 saturated carbocycles. The van der Waals surface area contributed by atoms with Crippen LogP contribution < -0.4 is 15.5 Å². The van der Waals surface area contributed by atoms with Crippen LogP contribution in [0.1, 0.15) is 69.2 Å². The van der Waals surface area contributed by atoms with Crippen LogP contribution in [-0.4, -0.2) is 53.9 Å². The topological polar surface area (TPSA) is 77.6 Å². The van der Waals surface area contributed by atoms with Gasteiger partial charge in [-0.1, -0.05) is 25.3 Å². The van der Waals surface area contributed by atoms with Crippen LogP contribution in [-0.2, 0) is 16.0 Å². The van der Waals surface area contributed by atoms with E-state index in [1.807, 2.05) is 30.0 Å². The second-order valence-corrected chi connectivity index (χ2v) is 10.7. The van der Waals surface area contributed by atoms with Crippen molar-refractivity contribution in [1.29, 1.82) is 0 Å². The minimum absolute atomic E-state index is 0.00634. The number of carbonyl (C=O) groups is 2. The summed E-state index contributed by atoms with van der Waals surface area (Å²) in [5.41, 5.74) is 3.86. The van der Waals surface area contributed by atoms with Crippen LogP contribution in [0.5, 0.6) is 0 Å². The van der Waals surface area contributed by atoms with Gasteiger partial charge in [0.2, 0.25) is 11.8 Å². The summed E-state index contributed by atoms with van der Waals surface area (Å²) < 4.78 is 14.0.